The summed E-state index contributed by atoms with van der Waals surface area (Å²) in [5.74, 6) is 0.128. The Morgan fingerprint density at radius 3 is 2.95 bits per heavy atom. The first-order valence-electron chi connectivity index (χ1n) is 7.21. The predicted octanol–water partition coefficient (Wildman–Crippen LogP) is 2.09. The number of benzene rings is 1. The van der Waals surface area contributed by atoms with Crippen molar-refractivity contribution >= 4 is 5.97 Å². The standard InChI is InChI=1S/C16H23NO3/c1-12(2)11-19-7-8-20-16(18)15-10-17-9-13-5-3-4-6-14(13)15/h3-6,12,15,17H,7-11H2,1-2H3. The molecule has 0 spiro atoms. The van der Waals surface area contributed by atoms with Gasteiger partial charge in [-0.3, -0.25) is 4.79 Å². The zero-order valence-electron chi connectivity index (χ0n) is 12.2. The highest BCUT2D eigenvalue weighted by molar-refractivity contribution is 5.79. The van der Waals surface area contributed by atoms with Crippen molar-refractivity contribution in [1.82, 2.24) is 5.32 Å². The zero-order chi connectivity index (χ0) is 14.4. The normalized spacial score (nSPS) is 17.9. The van der Waals surface area contributed by atoms with E-state index in [-0.39, 0.29) is 11.9 Å². The van der Waals surface area contributed by atoms with Gasteiger partial charge in [0.25, 0.3) is 0 Å². The minimum absolute atomic E-state index is 0.169. The lowest BCUT2D eigenvalue weighted by molar-refractivity contribution is -0.147. The van der Waals surface area contributed by atoms with E-state index in [0.29, 0.717) is 32.3 Å². The van der Waals surface area contributed by atoms with Crippen LogP contribution in [0.5, 0.6) is 0 Å². The summed E-state index contributed by atoms with van der Waals surface area (Å²) in [6.07, 6.45) is 0. The van der Waals surface area contributed by atoms with E-state index in [1.54, 1.807) is 0 Å². The number of fused-ring (bicyclic) bond motifs is 1. The molecule has 1 aliphatic heterocycles. The van der Waals surface area contributed by atoms with E-state index in [2.05, 4.69) is 19.2 Å². The van der Waals surface area contributed by atoms with Crippen molar-refractivity contribution < 1.29 is 14.3 Å². The Kier molecular flexibility index (Phi) is 5.56. The molecule has 4 heteroatoms. The molecule has 0 bridgehead atoms. The molecule has 1 unspecified atom stereocenters. The second kappa shape index (κ2) is 7.41. The van der Waals surface area contributed by atoms with Crippen molar-refractivity contribution in [3.63, 3.8) is 0 Å². The lowest BCUT2D eigenvalue weighted by Crippen LogP contribution is -2.34. The summed E-state index contributed by atoms with van der Waals surface area (Å²) in [5.41, 5.74) is 2.26. The number of rotatable bonds is 6. The van der Waals surface area contributed by atoms with Gasteiger partial charge in [-0.05, 0) is 17.0 Å². The average Bonchev–Trinajstić information content (AvgIpc) is 2.45. The molecular formula is C16H23NO3. The molecule has 0 aliphatic carbocycles. The molecule has 0 amide bonds. The molecule has 0 saturated heterocycles. The Labute approximate surface area is 120 Å². The molecule has 1 aliphatic rings. The molecule has 0 aromatic heterocycles. The molecule has 1 heterocycles. The first-order chi connectivity index (χ1) is 9.68. The van der Waals surface area contributed by atoms with Crippen LogP contribution in [-0.4, -0.2) is 32.3 Å². The number of hydrogen-bond donors (Lipinski definition) is 1. The number of carbonyl (C=O) groups is 1. The lowest BCUT2D eigenvalue weighted by atomic mass is 9.91. The van der Waals surface area contributed by atoms with Gasteiger partial charge >= 0.3 is 5.97 Å². The van der Waals surface area contributed by atoms with Gasteiger partial charge in [-0.1, -0.05) is 38.1 Å². The predicted molar refractivity (Wildman–Crippen MR) is 77.5 cm³/mol. The monoisotopic (exact) mass is 277 g/mol. The molecule has 1 N–H and O–H groups in total. The molecule has 1 aromatic rings. The quantitative estimate of drug-likeness (QED) is 0.639. The van der Waals surface area contributed by atoms with Gasteiger partial charge in [-0.2, -0.15) is 0 Å². The third-order valence-electron chi connectivity index (χ3n) is 3.30. The summed E-state index contributed by atoms with van der Waals surface area (Å²) in [5, 5.41) is 3.26. The van der Waals surface area contributed by atoms with E-state index < -0.39 is 0 Å². The summed E-state index contributed by atoms with van der Waals surface area (Å²) >= 11 is 0. The Morgan fingerprint density at radius 1 is 1.35 bits per heavy atom. The van der Waals surface area contributed by atoms with Gasteiger partial charge in [0.05, 0.1) is 12.5 Å². The molecular weight excluding hydrogens is 254 g/mol. The van der Waals surface area contributed by atoms with Crippen LogP contribution in [-0.2, 0) is 20.8 Å². The first-order valence-corrected chi connectivity index (χ1v) is 7.21. The van der Waals surface area contributed by atoms with Crippen LogP contribution in [0, 0.1) is 5.92 Å². The van der Waals surface area contributed by atoms with Gasteiger partial charge in [0.15, 0.2) is 0 Å². The first kappa shape index (κ1) is 15.0. The molecule has 0 saturated carbocycles. The van der Waals surface area contributed by atoms with Gasteiger partial charge in [0.1, 0.15) is 6.61 Å². The fraction of sp³-hybridized carbons (Fsp3) is 0.562. The fourth-order valence-corrected chi connectivity index (χ4v) is 2.33. The molecule has 1 aromatic carbocycles. The third-order valence-corrected chi connectivity index (χ3v) is 3.30. The van der Waals surface area contributed by atoms with Crippen molar-refractivity contribution in [2.45, 2.75) is 26.3 Å². The summed E-state index contributed by atoms with van der Waals surface area (Å²) in [7, 11) is 0. The smallest absolute Gasteiger partial charge is 0.314 e. The van der Waals surface area contributed by atoms with Gasteiger partial charge < -0.3 is 14.8 Å². The average molecular weight is 277 g/mol. The third kappa shape index (κ3) is 4.05. The van der Waals surface area contributed by atoms with E-state index in [4.69, 9.17) is 9.47 Å². The van der Waals surface area contributed by atoms with E-state index in [0.717, 1.165) is 12.1 Å². The fourth-order valence-electron chi connectivity index (χ4n) is 2.33. The molecule has 110 valence electrons. The summed E-state index contributed by atoms with van der Waals surface area (Å²) in [4.78, 5) is 12.1. The van der Waals surface area contributed by atoms with Gasteiger partial charge in [-0.15, -0.1) is 0 Å². The number of nitrogens with one attached hydrogen (secondary N) is 1. The minimum atomic E-state index is -0.204. The Bertz CT molecular complexity index is 445. The van der Waals surface area contributed by atoms with E-state index in [9.17, 15) is 4.79 Å². The van der Waals surface area contributed by atoms with Crippen LogP contribution < -0.4 is 5.32 Å². The minimum Gasteiger partial charge on any atom is -0.463 e. The number of hydrogen-bond acceptors (Lipinski definition) is 4. The lowest BCUT2D eigenvalue weighted by Gasteiger charge is -2.24. The summed E-state index contributed by atoms with van der Waals surface area (Å²) in [6, 6.07) is 8.02. The maximum atomic E-state index is 12.1. The Morgan fingerprint density at radius 2 is 2.15 bits per heavy atom. The van der Waals surface area contributed by atoms with Crippen molar-refractivity contribution in [1.29, 1.82) is 0 Å². The summed E-state index contributed by atoms with van der Waals surface area (Å²) in [6.45, 7) is 7.13. The van der Waals surface area contributed by atoms with Crippen LogP contribution in [0.15, 0.2) is 24.3 Å². The van der Waals surface area contributed by atoms with Gasteiger partial charge in [-0.25, -0.2) is 0 Å². The van der Waals surface area contributed by atoms with Crippen molar-refractivity contribution in [3.05, 3.63) is 35.4 Å². The van der Waals surface area contributed by atoms with Crippen LogP contribution in [0.25, 0.3) is 0 Å². The number of ether oxygens (including phenoxy) is 2. The van der Waals surface area contributed by atoms with Crippen LogP contribution in [0.4, 0.5) is 0 Å². The van der Waals surface area contributed by atoms with Crippen LogP contribution in [0.3, 0.4) is 0 Å². The molecule has 0 fully saturated rings. The molecule has 4 nitrogen and oxygen atoms in total. The van der Waals surface area contributed by atoms with Gasteiger partial charge in [0, 0.05) is 19.7 Å². The second-order valence-corrected chi connectivity index (χ2v) is 5.52. The largest absolute Gasteiger partial charge is 0.463 e. The van der Waals surface area contributed by atoms with E-state index >= 15 is 0 Å². The molecule has 1 atom stereocenters. The maximum Gasteiger partial charge on any atom is 0.314 e. The van der Waals surface area contributed by atoms with E-state index in [1.807, 2.05) is 24.3 Å². The molecule has 20 heavy (non-hydrogen) atoms. The molecule has 2 rings (SSSR count). The SMILES string of the molecule is CC(C)COCCOC(=O)C1CNCc2ccccc21. The van der Waals surface area contributed by atoms with Crippen molar-refractivity contribution in [2.75, 3.05) is 26.4 Å². The summed E-state index contributed by atoms with van der Waals surface area (Å²) < 4.78 is 10.7. The second-order valence-electron chi connectivity index (χ2n) is 5.52. The molecule has 0 radical (unpaired) electrons. The zero-order valence-corrected chi connectivity index (χ0v) is 12.2. The van der Waals surface area contributed by atoms with Crippen LogP contribution in [0.1, 0.15) is 30.9 Å². The highest BCUT2D eigenvalue weighted by Gasteiger charge is 2.27. The topological polar surface area (TPSA) is 47.6 Å². The van der Waals surface area contributed by atoms with Gasteiger partial charge in [0.2, 0.25) is 0 Å². The Hall–Kier alpha value is -1.39. The maximum absolute atomic E-state index is 12.1. The number of esters is 1. The van der Waals surface area contributed by atoms with Crippen LogP contribution >= 0.6 is 0 Å². The highest BCUT2D eigenvalue weighted by Crippen LogP contribution is 2.24. The van der Waals surface area contributed by atoms with Crippen molar-refractivity contribution in [2.24, 2.45) is 5.92 Å². The van der Waals surface area contributed by atoms with E-state index in [1.165, 1.54) is 5.56 Å². The Balaban J connectivity index is 1.82. The van der Waals surface area contributed by atoms with Crippen molar-refractivity contribution in [3.8, 4) is 0 Å². The van der Waals surface area contributed by atoms with Crippen LogP contribution in [0.2, 0.25) is 0 Å². The number of carbonyl (C=O) groups excluding carboxylic acids is 1. The highest BCUT2D eigenvalue weighted by atomic mass is 16.6.